The molecule has 0 fully saturated rings. The van der Waals surface area contributed by atoms with Crippen molar-refractivity contribution < 1.29 is 35.0 Å². The molecule has 0 N–H and O–H groups in total. The molecule has 0 saturated heterocycles. The predicted octanol–water partition coefficient (Wildman–Crippen LogP) is -4.69. The van der Waals surface area contributed by atoms with E-state index in [-0.39, 0.29) is 23.6 Å². The van der Waals surface area contributed by atoms with Gasteiger partial charge < -0.3 is 4.70 Å². The predicted molar refractivity (Wildman–Crippen MR) is 10.2 cm³/mol. The molecule has 40 valence electrons. The Balaban J connectivity index is -0.0000000800. The molecule has 0 atom stereocenters. The summed E-state index contributed by atoms with van der Waals surface area (Å²) >= 11 is -7.18. The van der Waals surface area contributed by atoms with E-state index in [2.05, 4.69) is 0 Å². The summed E-state index contributed by atoms with van der Waals surface area (Å²) in [4.78, 5) is 0. The van der Waals surface area contributed by atoms with Crippen molar-refractivity contribution >= 4 is 20.7 Å². The SMILES string of the molecule is [F-].[F][Sn]([F])([F])[F].[Li+]. The molecule has 0 aromatic heterocycles. The molecule has 0 aliphatic carbocycles. The fourth-order valence-corrected chi connectivity index (χ4v) is 0. The van der Waals surface area contributed by atoms with E-state index < -0.39 is 20.7 Å². The van der Waals surface area contributed by atoms with Crippen molar-refractivity contribution in [2.24, 2.45) is 0 Å². The molecule has 0 saturated carbocycles. The quantitative estimate of drug-likeness (QED) is 0.284. The number of rotatable bonds is 0. The average Bonchev–Trinajstić information content (AvgIpc) is 0.722. The molecule has 0 amide bonds. The van der Waals surface area contributed by atoms with Gasteiger partial charge in [-0.1, -0.05) is 0 Å². The third-order valence-corrected chi connectivity index (χ3v) is 0. The molecular formula is F5LiSn. The van der Waals surface area contributed by atoms with Gasteiger partial charge in [0.05, 0.1) is 0 Å². The largest absolute Gasteiger partial charge is 1.00 e. The van der Waals surface area contributed by atoms with Crippen LogP contribution in [0.1, 0.15) is 0 Å². The van der Waals surface area contributed by atoms with E-state index in [1.54, 1.807) is 0 Å². The normalized spacial score (nSPS) is 8.57. The Hall–Kier alpha value is 1.05. The Morgan fingerprint density at radius 2 is 0.857 bits per heavy atom. The minimum atomic E-state index is -7.18. The van der Waals surface area contributed by atoms with Crippen LogP contribution in [-0.4, -0.2) is 20.7 Å². The first-order valence-electron chi connectivity index (χ1n) is 0.756. The molecular weight excluding hydrogens is 221 g/mol. The van der Waals surface area contributed by atoms with Crippen LogP contribution in [-0.2, 0) is 0 Å². The van der Waals surface area contributed by atoms with E-state index in [1.807, 2.05) is 0 Å². The van der Waals surface area contributed by atoms with Crippen LogP contribution in [0.15, 0.2) is 0 Å². The summed E-state index contributed by atoms with van der Waals surface area (Å²) in [5, 5.41) is 0. The van der Waals surface area contributed by atoms with Crippen molar-refractivity contribution in [3.05, 3.63) is 0 Å². The van der Waals surface area contributed by atoms with E-state index >= 15 is 0 Å². The fraction of sp³-hybridized carbons (Fsp3) is 0. The van der Waals surface area contributed by atoms with Gasteiger partial charge in [0.25, 0.3) is 0 Å². The Bertz CT molecular complexity index is 23.6. The second kappa shape index (κ2) is 5.19. The summed E-state index contributed by atoms with van der Waals surface area (Å²) in [6, 6.07) is 0. The van der Waals surface area contributed by atoms with Crippen molar-refractivity contribution in [2.45, 2.75) is 0 Å². The van der Waals surface area contributed by atoms with Gasteiger partial charge in [0.1, 0.15) is 0 Å². The maximum Gasteiger partial charge on any atom is 1.00 e. The number of halogens is 5. The Morgan fingerprint density at radius 3 is 0.857 bits per heavy atom. The molecule has 0 aliphatic rings. The van der Waals surface area contributed by atoms with Gasteiger partial charge in [0, 0.05) is 0 Å². The van der Waals surface area contributed by atoms with Crippen LogP contribution >= 0.6 is 0 Å². The Morgan fingerprint density at radius 1 is 0.857 bits per heavy atom. The Kier molecular flexibility index (Phi) is 11.6. The first-order valence-corrected chi connectivity index (χ1v) is 5.07. The van der Waals surface area contributed by atoms with Crippen LogP contribution in [0, 0.1) is 0 Å². The van der Waals surface area contributed by atoms with Gasteiger partial charge >= 0.3 is 51.0 Å². The van der Waals surface area contributed by atoms with Gasteiger partial charge in [-0.2, -0.15) is 0 Å². The van der Waals surface area contributed by atoms with E-state index in [4.69, 9.17) is 0 Å². The minimum absolute atomic E-state index is 0. The summed E-state index contributed by atoms with van der Waals surface area (Å²) in [5.41, 5.74) is 0. The van der Waals surface area contributed by atoms with Gasteiger partial charge in [-0.05, 0) is 0 Å². The van der Waals surface area contributed by atoms with Crippen LogP contribution in [0.3, 0.4) is 0 Å². The zero-order chi connectivity index (χ0) is 4.50. The first kappa shape index (κ1) is 15.7. The van der Waals surface area contributed by atoms with Crippen LogP contribution < -0.4 is 23.6 Å². The van der Waals surface area contributed by atoms with E-state index in [0.29, 0.717) is 0 Å². The molecule has 7 heavy (non-hydrogen) atoms. The molecule has 0 radical (unpaired) electrons. The van der Waals surface area contributed by atoms with Crippen LogP contribution in [0.25, 0.3) is 0 Å². The molecule has 0 bridgehead atoms. The second-order valence-corrected chi connectivity index (χ2v) is 2.87. The zero-order valence-corrected chi connectivity index (χ0v) is 6.24. The monoisotopic (exact) mass is 222 g/mol. The number of hydrogen-bond acceptors (Lipinski definition) is 0. The molecule has 0 spiro atoms. The summed E-state index contributed by atoms with van der Waals surface area (Å²) in [7, 11) is 0. The zero-order valence-electron chi connectivity index (χ0n) is 3.39. The molecule has 0 aromatic carbocycles. The van der Waals surface area contributed by atoms with Crippen molar-refractivity contribution in [1.29, 1.82) is 0 Å². The standard InChI is InChI=1S/5FH.Li.Sn/h5*1H;;/q;;;;;+1;+4/p-5. The van der Waals surface area contributed by atoms with Crippen molar-refractivity contribution in [3.8, 4) is 0 Å². The van der Waals surface area contributed by atoms with Crippen molar-refractivity contribution in [2.75, 3.05) is 0 Å². The summed E-state index contributed by atoms with van der Waals surface area (Å²) in [5.74, 6) is 0. The van der Waals surface area contributed by atoms with Crippen molar-refractivity contribution in [3.63, 3.8) is 0 Å². The van der Waals surface area contributed by atoms with Gasteiger partial charge in [0.15, 0.2) is 0 Å². The third kappa shape index (κ3) is 164. The van der Waals surface area contributed by atoms with E-state index in [9.17, 15) is 11.5 Å². The molecule has 0 aliphatic heterocycles. The van der Waals surface area contributed by atoms with Gasteiger partial charge in [-0.3, -0.25) is 0 Å². The molecule has 0 rings (SSSR count). The minimum Gasteiger partial charge on any atom is 1.00 e. The van der Waals surface area contributed by atoms with Crippen molar-refractivity contribution in [1.82, 2.24) is 0 Å². The summed E-state index contributed by atoms with van der Waals surface area (Å²) in [6.45, 7) is 0. The molecule has 0 heterocycles. The van der Waals surface area contributed by atoms with Crippen LogP contribution in [0.5, 0.6) is 0 Å². The first-order chi connectivity index (χ1) is 2.00. The topological polar surface area (TPSA) is 0 Å². The number of hydrogen-bond donors (Lipinski definition) is 0. The van der Waals surface area contributed by atoms with Gasteiger partial charge in [-0.25, -0.2) is 0 Å². The maximum atomic E-state index is 9.90. The molecule has 0 aromatic rings. The van der Waals surface area contributed by atoms with Crippen LogP contribution in [0.2, 0.25) is 0 Å². The van der Waals surface area contributed by atoms with E-state index in [0.717, 1.165) is 0 Å². The van der Waals surface area contributed by atoms with Gasteiger partial charge in [0.2, 0.25) is 0 Å². The van der Waals surface area contributed by atoms with Gasteiger partial charge in [-0.15, -0.1) is 0 Å². The molecule has 0 nitrogen and oxygen atoms in total. The van der Waals surface area contributed by atoms with Crippen LogP contribution in [0.4, 0.5) is 11.5 Å². The summed E-state index contributed by atoms with van der Waals surface area (Å²) < 4.78 is 39.6. The summed E-state index contributed by atoms with van der Waals surface area (Å²) in [6.07, 6.45) is 0. The Labute approximate surface area is 55.8 Å². The molecule has 7 heteroatoms. The maximum absolute atomic E-state index is 9.90. The average molecular weight is 221 g/mol. The molecule has 0 unspecified atom stereocenters. The second-order valence-electron chi connectivity index (χ2n) is 0.429. The van der Waals surface area contributed by atoms with E-state index in [1.165, 1.54) is 0 Å². The fourth-order valence-electron chi connectivity index (χ4n) is 0. The third-order valence-electron chi connectivity index (χ3n) is 0. The smallest absolute Gasteiger partial charge is 1.00 e.